The van der Waals surface area contributed by atoms with E-state index in [1.54, 1.807) is 13.0 Å². The van der Waals surface area contributed by atoms with Crippen LogP contribution in [0, 0.1) is 20.8 Å². The van der Waals surface area contributed by atoms with Crippen molar-refractivity contribution in [3.63, 3.8) is 0 Å². The lowest BCUT2D eigenvalue weighted by Gasteiger charge is -2.11. The number of benzene rings is 2. The van der Waals surface area contributed by atoms with Crippen molar-refractivity contribution in [3.8, 4) is 0 Å². The van der Waals surface area contributed by atoms with Gasteiger partial charge in [0.15, 0.2) is 11.5 Å². The number of carbonyl (C=O) groups excluding carboxylic acids is 1. The first-order valence-corrected chi connectivity index (χ1v) is 9.65. The lowest BCUT2D eigenvalue weighted by Crippen LogP contribution is -2.15. The molecule has 2 aromatic carbocycles. The number of aromatic nitrogens is 4. The molecule has 0 atom stereocenters. The van der Waals surface area contributed by atoms with E-state index in [2.05, 4.69) is 15.5 Å². The third-order valence-corrected chi connectivity index (χ3v) is 4.97. The predicted molar refractivity (Wildman–Crippen MR) is 115 cm³/mol. The maximum atomic E-state index is 13.0. The minimum atomic E-state index is -0.621. The monoisotopic (exact) mass is 416 g/mol. The van der Waals surface area contributed by atoms with E-state index in [1.807, 2.05) is 56.3 Å². The highest BCUT2D eigenvalue weighted by molar-refractivity contribution is 6.15. The van der Waals surface area contributed by atoms with Crippen LogP contribution >= 0.6 is 0 Å². The molecule has 0 aliphatic heterocycles. The number of hydrogen-bond acceptors (Lipinski definition) is 7. The summed E-state index contributed by atoms with van der Waals surface area (Å²) in [5.74, 6) is -0.180. The van der Waals surface area contributed by atoms with Crippen LogP contribution in [0.2, 0.25) is 0 Å². The van der Waals surface area contributed by atoms with Gasteiger partial charge in [0.1, 0.15) is 12.2 Å². The van der Waals surface area contributed by atoms with Gasteiger partial charge in [-0.1, -0.05) is 30.3 Å². The van der Waals surface area contributed by atoms with E-state index in [1.165, 1.54) is 10.7 Å². The van der Waals surface area contributed by atoms with Gasteiger partial charge in [0.05, 0.1) is 0 Å². The molecule has 0 bridgehead atoms. The first kappa shape index (κ1) is 20.2. The molecule has 2 heterocycles. The second-order valence-corrected chi connectivity index (χ2v) is 7.18. The standard InChI is InChI=1S/C23H20N4O4/c1-14-9-19-18(12-22(28)31-21(19)10-15(14)2)13-30-23(29)20(27-16(3)24-25-26-27)11-17-7-5-4-6-8-17/h4-12H,13H2,1-3H3/b20-11-. The number of esters is 1. The van der Waals surface area contributed by atoms with Crippen LogP contribution in [0.25, 0.3) is 22.7 Å². The molecular weight excluding hydrogens is 396 g/mol. The minimum Gasteiger partial charge on any atom is -0.456 e. The van der Waals surface area contributed by atoms with Crippen LogP contribution in [0.4, 0.5) is 0 Å². The van der Waals surface area contributed by atoms with Gasteiger partial charge in [-0.25, -0.2) is 9.59 Å². The summed E-state index contributed by atoms with van der Waals surface area (Å²) >= 11 is 0. The highest BCUT2D eigenvalue weighted by atomic mass is 16.5. The van der Waals surface area contributed by atoms with Crippen LogP contribution in [0.3, 0.4) is 0 Å². The fourth-order valence-electron chi connectivity index (χ4n) is 3.19. The molecule has 0 saturated heterocycles. The van der Waals surface area contributed by atoms with E-state index >= 15 is 0 Å². The normalized spacial score (nSPS) is 11.6. The Kier molecular flexibility index (Phi) is 5.44. The van der Waals surface area contributed by atoms with Gasteiger partial charge in [0, 0.05) is 17.0 Å². The largest absolute Gasteiger partial charge is 0.456 e. The molecule has 0 radical (unpaired) electrons. The lowest BCUT2D eigenvalue weighted by molar-refractivity contribution is -0.138. The molecule has 31 heavy (non-hydrogen) atoms. The minimum absolute atomic E-state index is 0.100. The summed E-state index contributed by atoms with van der Waals surface area (Å²) in [5, 5.41) is 12.1. The fourth-order valence-corrected chi connectivity index (χ4v) is 3.19. The highest BCUT2D eigenvalue weighted by Gasteiger charge is 2.19. The second-order valence-electron chi connectivity index (χ2n) is 7.18. The summed E-state index contributed by atoms with van der Waals surface area (Å²) in [6.45, 7) is 5.50. The Hall–Kier alpha value is -4.07. The molecule has 0 aliphatic rings. The Morgan fingerprint density at radius 2 is 1.84 bits per heavy atom. The maximum absolute atomic E-state index is 13.0. The molecule has 0 spiro atoms. The van der Waals surface area contributed by atoms with Crippen LogP contribution in [0.5, 0.6) is 0 Å². The predicted octanol–water partition coefficient (Wildman–Crippen LogP) is 3.45. The summed E-state index contributed by atoms with van der Waals surface area (Å²) < 4.78 is 12.2. The zero-order chi connectivity index (χ0) is 22.0. The zero-order valence-electron chi connectivity index (χ0n) is 17.3. The Labute approximate surface area is 177 Å². The van der Waals surface area contributed by atoms with Crippen molar-refractivity contribution in [1.29, 1.82) is 0 Å². The number of nitrogens with zero attached hydrogens (tertiary/aromatic N) is 4. The number of aryl methyl sites for hydroxylation is 3. The van der Waals surface area contributed by atoms with Crippen molar-refractivity contribution < 1.29 is 13.9 Å². The molecule has 8 heteroatoms. The van der Waals surface area contributed by atoms with E-state index in [4.69, 9.17) is 9.15 Å². The smallest absolute Gasteiger partial charge is 0.357 e. The van der Waals surface area contributed by atoms with Crippen LogP contribution in [-0.4, -0.2) is 26.2 Å². The fraction of sp³-hybridized carbons (Fsp3) is 0.174. The number of carbonyl (C=O) groups is 1. The Bertz CT molecular complexity index is 1350. The van der Waals surface area contributed by atoms with Crippen molar-refractivity contribution in [2.75, 3.05) is 0 Å². The van der Waals surface area contributed by atoms with Crippen molar-refractivity contribution in [3.05, 3.63) is 87.0 Å². The van der Waals surface area contributed by atoms with E-state index in [9.17, 15) is 9.59 Å². The Morgan fingerprint density at radius 3 is 2.55 bits per heavy atom. The lowest BCUT2D eigenvalue weighted by atomic mass is 10.0. The first-order chi connectivity index (χ1) is 14.9. The third-order valence-electron chi connectivity index (χ3n) is 4.97. The van der Waals surface area contributed by atoms with Crippen molar-refractivity contribution in [2.24, 2.45) is 0 Å². The van der Waals surface area contributed by atoms with E-state index < -0.39 is 11.6 Å². The summed E-state index contributed by atoms with van der Waals surface area (Å²) in [6, 6.07) is 14.4. The van der Waals surface area contributed by atoms with Crippen LogP contribution in [-0.2, 0) is 16.1 Å². The van der Waals surface area contributed by atoms with Gasteiger partial charge < -0.3 is 9.15 Å². The van der Waals surface area contributed by atoms with Crippen molar-refractivity contribution in [2.45, 2.75) is 27.4 Å². The summed E-state index contributed by atoms with van der Waals surface area (Å²) in [7, 11) is 0. The van der Waals surface area contributed by atoms with Gasteiger partial charge >= 0.3 is 11.6 Å². The molecule has 4 aromatic rings. The van der Waals surface area contributed by atoms with Crippen LogP contribution in [0.1, 0.15) is 28.1 Å². The quantitative estimate of drug-likeness (QED) is 0.279. The maximum Gasteiger partial charge on any atom is 0.357 e. The second kappa shape index (κ2) is 8.35. The van der Waals surface area contributed by atoms with Gasteiger partial charge in [-0.2, -0.15) is 4.68 Å². The SMILES string of the molecule is Cc1cc2oc(=O)cc(COC(=O)/C(=C/c3ccccc3)n3nnnc3C)c2cc1C. The van der Waals surface area contributed by atoms with E-state index in [0.717, 1.165) is 22.1 Å². The van der Waals surface area contributed by atoms with E-state index in [0.29, 0.717) is 17.0 Å². The number of fused-ring (bicyclic) bond motifs is 1. The molecular formula is C23H20N4O4. The molecule has 156 valence electrons. The molecule has 0 fully saturated rings. The number of ether oxygens (including phenoxy) is 1. The van der Waals surface area contributed by atoms with Gasteiger partial charge in [0.2, 0.25) is 0 Å². The molecule has 0 amide bonds. The van der Waals surface area contributed by atoms with Crippen LogP contribution in [0.15, 0.2) is 57.7 Å². The summed E-state index contributed by atoms with van der Waals surface area (Å²) in [5.41, 5.74) is 3.52. The first-order valence-electron chi connectivity index (χ1n) is 9.65. The highest BCUT2D eigenvalue weighted by Crippen LogP contribution is 2.23. The third kappa shape index (κ3) is 4.28. The average molecular weight is 416 g/mol. The van der Waals surface area contributed by atoms with Gasteiger partial charge in [-0.15, -0.1) is 5.10 Å². The number of hydrogen-bond donors (Lipinski definition) is 0. The molecule has 4 rings (SSSR count). The van der Waals surface area contributed by atoms with Gasteiger partial charge in [-0.05, 0) is 66.1 Å². The number of tetrazole rings is 1. The van der Waals surface area contributed by atoms with Gasteiger partial charge in [0.25, 0.3) is 0 Å². The Morgan fingerprint density at radius 1 is 1.10 bits per heavy atom. The summed E-state index contributed by atoms with van der Waals surface area (Å²) in [4.78, 5) is 25.0. The molecule has 0 N–H and O–H groups in total. The molecule has 0 aliphatic carbocycles. The van der Waals surface area contributed by atoms with Crippen LogP contribution < -0.4 is 5.63 Å². The zero-order valence-corrected chi connectivity index (χ0v) is 17.3. The topological polar surface area (TPSA) is 100 Å². The molecule has 8 nitrogen and oxygen atoms in total. The molecule has 0 saturated carbocycles. The van der Waals surface area contributed by atoms with Crippen molar-refractivity contribution in [1.82, 2.24) is 20.2 Å². The molecule has 0 unspecified atom stereocenters. The van der Waals surface area contributed by atoms with Crippen molar-refractivity contribution >= 4 is 28.7 Å². The Balaban J connectivity index is 1.68. The number of rotatable bonds is 5. The average Bonchev–Trinajstić information content (AvgIpc) is 3.17. The molecule has 2 aromatic heterocycles. The van der Waals surface area contributed by atoms with E-state index in [-0.39, 0.29) is 12.3 Å². The van der Waals surface area contributed by atoms with Gasteiger partial charge in [-0.3, -0.25) is 0 Å². The summed E-state index contributed by atoms with van der Waals surface area (Å²) in [6.07, 6.45) is 1.65.